The molecule has 0 radical (unpaired) electrons. The number of aryl methyl sites for hydroxylation is 2. The number of fused-ring (bicyclic) bond motifs is 1. The van der Waals surface area contributed by atoms with Gasteiger partial charge in [0.2, 0.25) is 0 Å². The summed E-state index contributed by atoms with van der Waals surface area (Å²) in [6.07, 6.45) is 0. The molecule has 2 N–H and O–H groups in total. The van der Waals surface area contributed by atoms with Crippen molar-refractivity contribution in [3.8, 4) is 5.75 Å². The van der Waals surface area contributed by atoms with Crippen molar-refractivity contribution in [3.63, 3.8) is 0 Å². The van der Waals surface area contributed by atoms with Crippen LogP contribution in [0.15, 0.2) is 40.9 Å². The Bertz CT molecular complexity index is 1010. The number of thiophene rings is 1. The molecule has 0 bridgehead atoms. The Morgan fingerprint density at radius 2 is 1.81 bits per heavy atom. The molecular formula is C19H16BrClN2O3S. The van der Waals surface area contributed by atoms with E-state index in [0.717, 1.165) is 25.7 Å². The lowest BCUT2D eigenvalue weighted by molar-refractivity contribution is -0.123. The molecule has 0 unspecified atom stereocenters. The Morgan fingerprint density at radius 1 is 1.15 bits per heavy atom. The Balaban J connectivity index is 1.59. The molecule has 0 atom stereocenters. The van der Waals surface area contributed by atoms with E-state index in [-0.39, 0.29) is 6.61 Å². The standard InChI is InChI=1S/C19H16BrClN2O3S/c1-10-7-12(20)8-11(2)17(10)26-9-15(24)22-23-19(25)18-16(21)13-5-3-4-6-14(13)27-18/h3-8H,9H2,1-2H3,(H,22,24)(H,23,25). The van der Waals surface area contributed by atoms with E-state index in [0.29, 0.717) is 15.6 Å². The molecule has 2 amide bonds. The lowest BCUT2D eigenvalue weighted by atomic mass is 10.1. The molecule has 27 heavy (non-hydrogen) atoms. The first-order chi connectivity index (χ1) is 12.9. The molecule has 1 aromatic heterocycles. The number of hydrogen-bond acceptors (Lipinski definition) is 4. The summed E-state index contributed by atoms with van der Waals surface area (Å²) in [5.41, 5.74) is 6.55. The lowest BCUT2D eigenvalue weighted by Crippen LogP contribution is -2.43. The fourth-order valence-corrected chi connectivity index (χ4v) is 4.74. The number of carbonyl (C=O) groups is 2. The van der Waals surface area contributed by atoms with E-state index >= 15 is 0 Å². The van der Waals surface area contributed by atoms with Crippen LogP contribution >= 0.6 is 38.9 Å². The zero-order valence-electron chi connectivity index (χ0n) is 14.6. The van der Waals surface area contributed by atoms with Gasteiger partial charge in [0.15, 0.2) is 6.61 Å². The van der Waals surface area contributed by atoms with E-state index in [2.05, 4.69) is 26.8 Å². The van der Waals surface area contributed by atoms with Crippen molar-refractivity contribution in [2.75, 3.05) is 6.61 Å². The van der Waals surface area contributed by atoms with Gasteiger partial charge in [0.25, 0.3) is 11.8 Å². The van der Waals surface area contributed by atoms with Crippen LogP contribution in [0.4, 0.5) is 0 Å². The third-order valence-corrected chi connectivity index (χ3v) is 5.96. The highest BCUT2D eigenvalue weighted by molar-refractivity contribution is 9.10. The highest BCUT2D eigenvalue weighted by Crippen LogP contribution is 2.34. The summed E-state index contributed by atoms with van der Waals surface area (Å²) in [4.78, 5) is 24.7. The van der Waals surface area contributed by atoms with Gasteiger partial charge < -0.3 is 4.74 Å². The summed E-state index contributed by atoms with van der Waals surface area (Å²) in [7, 11) is 0. The topological polar surface area (TPSA) is 67.4 Å². The van der Waals surface area contributed by atoms with E-state index in [1.165, 1.54) is 11.3 Å². The Kier molecular flexibility index (Phi) is 6.04. The van der Waals surface area contributed by atoms with Gasteiger partial charge in [0.1, 0.15) is 10.6 Å². The monoisotopic (exact) mass is 466 g/mol. The van der Waals surface area contributed by atoms with Gasteiger partial charge in [-0.2, -0.15) is 0 Å². The number of ether oxygens (including phenoxy) is 1. The number of benzene rings is 2. The maximum absolute atomic E-state index is 12.3. The average molecular weight is 468 g/mol. The predicted molar refractivity (Wildman–Crippen MR) is 112 cm³/mol. The Labute approximate surface area is 173 Å². The van der Waals surface area contributed by atoms with E-state index in [9.17, 15) is 9.59 Å². The molecule has 0 aliphatic carbocycles. The van der Waals surface area contributed by atoms with Gasteiger partial charge in [-0.1, -0.05) is 45.7 Å². The summed E-state index contributed by atoms with van der Waals surface area (Å²) in [6.45, 7) is 3.58. The third kappa shape index (κ3) is 4.43. The third-order valence-electron chi connectivity index (χ3n) is 3.83. The molecule has 2 aromatic carbocycles. The van der Waals surface area contributed by atoms with Gasteiger partial charge in [-0.05, 0) is 43.2 Å². The molecule has 140 valence electrons. The maximum atomic E-state index is 12.3. The number of nitrogens with one attached hydrogen (secondary N) is 2. The van der Waals surface area contributed by atoms with Gasteiger partial charge in [0.05, 0.1) is 5.02 Å². The van der Waals surface area contributed by atoms with Crippen molar-refractivity contribution >= 4 is 60.8 Å². The van der Waals surface area contributed by atoms with E-state index in [4.69, 9.17) is 16.3 Å². The zero-order valence-corrected chi connectivity index (χ0v) is 17.7. The fraction of sp³-hybridized carbons (Fsp3) is 0.158. The van der Waals surface area contributed by atoms with Crippen LogP contribution in [-0.4, -0.2) is 18.4 Å². The minimum Gasteiger partial charge on any atom is -0.483 e. The molecule has 0 fully saturated rings. The van der Waals surface area contributed by atoms with Crippen molar-refractivity contribution < 1.29 is 14.3 Å². The summed E-state index contributed by atoms with van der Waals surface area (Å²) in [6, 6.07) is 11.3. The first kappa shape index (κ1) is 19.7. The van der Waals surface area contributed by atoms with Crippen molar-refractivity contribution in [2.45, 2.75) is 13.8 Å². The van der Waals surface area contributed by atoms with Crippen LogP contribution in [0.3, 0.4) is 0 Å². The van der Waals surface area contributed by atoms with E-state index in [1.54, 1.807) is 0 Å². The number of hydrogen-bond donors (Lipinski definition) is 2. The minimum absolute atomic E-state index is 0.219. The van der Waals surface area contributed by atoms with Crippen LogP contribution in [-0.2, 0) is 4.79 Å². The summed E-state index contributed by atoms with van der Waals surface area (Å²) in [5.74, 6) is -0.292. The molecule has 0 aliphatic rings. The number of amides is 2. The summed E-state index contributed by atoms with van der Waals surface area (Å²) in [5, 5.41) is 1.19. The molecule has 0 spiro atoms. The molecule has 0 saturated heterocycles. The molecule has 1 heterocycles. The fourth-order valence-electron chi connectivity index (χ4n) is 2.64. The van der Waals surface area contributed by atoms with Gasteiger partial charge in [-0.3, -0.25) is 20.4 Å². The minimum atomic E-state index is -0.470. The van der Waals surface area contributed by atoms with Crippen LogP contribution < -0.4 is 15.6 Å². The predicted octanol–water partition coefficient (Wildman–Crippen LogP) is 4.77. The molecular weight excluding hydrogens is 452 g/mol. The van der Waals surface area contributed by atoms with Crippen LogP contribution in [0.2, 0.25) is 5.02 Å². The van der Waals surface area contributed by atoms with E-state index in [1.807, 2.05) is 50.2 Å². The molecule has 0 saturated carbocycles. The SMILES string of the molecule is Cc1cc(Br)cc(C)c1OCC(=O)NNC(=O)c1sc2ccccc2c1Cl. The molecule has 3 aromatic rings. The zero-order chi connectivity index (χ0) is 19.6. The summed E-state index contributed by atoms with van der Waals surface area (Å²) < 4.78 is 7.44. The van der Waals surface area contributed by atoms with Crippen LogP contribution in [0.1, 0.15) is 20.8 Å². The van der Waals surface area contributed by atoms with E-state index < -0.39 is 11.8 Å². The van der Waals surface area contributed by atoms with Gasteiger partial charge in [-0.25, -0.2) is 0 Å². The van der Waals surface area contributed by atoms with Gasteiger partial charge >= 0.3 is 0 Å². The van der Waals surface area contributed by atoms with Crippen LogP contribution in [0, 0.1) is 13.8 Å². The second kappa shape index (κ2) is 8.29. The normalized spacial score (nSPS) is 10.7. The molecule has 3 rings (SSSR count). The molecule has 5 nitrogen and oxygen atoms in total. The summed E-state index contributed by atoms with van der Waals surface area (Å²) >= 11 is 10.9. The van der Waals surface area contributed by atoms with Crippen molar-refractivity contribution in [1.29, 1.82) is 0 Å². The Hall–Kier alpha value is -2.09. The highest BCUT2D eigenvalue weighted by Gasteiger charge is 2.17. The number of carbonyl (C=O) groups excluding carboxylic acids is 2. The molecule has 0 aliphatic heterocycles. The average Bonchev–Trinajstić information content (AvgIpc) is 2.96. The maximum Gasteiger partial charge on any atom is 0.281 e. The highest BCUT2D eigenvalue weighted by atomic mass is 79.9. The second-order valence-corrected chi connectivity index (χ2v) is 8.25. The Morgan fingerprint density at radius 3 is 2.48 bits per heavy atom. The van der Waals surface area contributed by atoms with Crippen molar-refractivity contribution in [3.05, 3.63) is 61.9 Å². The van der Waals surface area contributed by atoms with Gasteiger partial charge in [-0.15, -0.1) is 11.3 Å². The van der Waals surface area contributed by atoms with Crippen LogP contribution in [0.5, 0.6) is 5.75 Å². The first-order valence-electron chi connectivity index (χ1n) is 8.02. The number of hydrazine groups is 1. The lowest BCUT2D eigenvalue weighted by Gasteiger charge is -2.13. The second-order valence-electron chi connectivity index (χ2n) is 5.90. The van der Waals surface area contributed by atoms with Crippen molar-refractivity contribution in [1.82, 2.24) is 10.9 Å². The van der Waals surface area contributed by atoms with Crippen molar-refractivity contribution in [2.24, 2.45) is 0 Å². The number of halogens is 2. The smallest absolute Gasteiger partial charge is 0.281 e. The first-order valence-corrected chi connectivity index (χ1v) is 10.0. The largest absolute Gasteiger partial charge is 0.483 e. The number of rotatable bonds is 4. The van der Waals surface area contributed by atoms with Crippen LogP contribution in [0.25, 0.3) is 10.1 Å². The quantitative estimate of drug-likeness (QED) is 0.543. The molecule has 8 heteroatoms. The van der Waals surface area contributed by atoms with Gasteiger partial charge in [0, 0.05) is 14.6 Å².